The Bertz CT molecular complexity index is 805. The van der Waals surface area contributed by atoms with Gasteiger partial charge in [0.25, 0.3) is 0 Å². The van der Waals surface area contributed by atoms with Gasteiger partial charge in [-0.25, -0.2) is 8.78 Å². The minimum atomic E-state index is -0.325. The highest BCUT2D eigenvalue weighted by atomic mass is 32.1. The zero-order valence-corrected chi connectivity index (χ0v) is 10.7. The number of hydrogen-bond donors (Lipinski definition) is 1. The Morgan fingerprint density at radius 3 is 2.63 bits per heavy atom. The van der Waals surface area contributed by atoms with E-state index in [0.29, 0.717) is 16.8 Å². The van der Waals surface area contributed by atoms with Gasteiger partial charge < -0.3 is 9.55 Å². The first-order valence-electron chi connectivity index (χ1n) is 5.76. The summed E-state index contributed by atoms with van der Waals surface area (Å²) in [5, 5.41) is 0. The van der Waals surface area contributed by atoms with E-state index in [-0.39, 0.29) is 11.6 Å². The summed E-state index contributed by atoms with van der Waals surface area (Å²) < 4.78 is 28.7. The van der Waals surface area contributed by atoms with Crippen molar-refractivity contribution >= 4 is 23.3 Å². The number of nitrogens with one attached hydrogen (secondary N) is 1. The first-order valence-corrected chi connectivity index (χ1v) is 6.17. The van der Waals surface area contributed by atoms with Gasteiger partial charge in [0, 0.05) is 0 Å². The minimum Gasteiger partial charge on any atom is -0.331 e. The number of aromatic amines is 1. The Morgan fingerprint density at radius 2 is 1.84 bits per heavy atom. The van der Waals surface area contributed by atoms with E-state index in [4.69, 9.17) is 12.2 Å². The molecule has 0 saturated heterocycles. The Kier molecular flexibility index (Phi) is 2.91. The predicted molar refractivity (Wildman–Crippen MR) is 72.6 cm³/mol. The van der Waals surface area contributed by atoms with Crippen LogP contribution in [-0.2, 0) is 6.54 Å². The van der Waals surface area contributed by atoms with Crippen molar-refractivity contribution in [2.45, 2.75) is 6.54 Å². The number of nitrogens with zero attached hydrogens (tertiary/aromatic N) is 1. The lowest BCUT2D eigenvalue weighted by atomic mass is 10.2. The fraction of sp³-hybridized carbons (Fsp3) is 0.0714. The van der Waals surface area contributed by atoms with Crippen LogP contribution in [0.1, 0.15) is 5.56 Å². The van der Waals surface area contributed by atoms with E-state index >= 15 is 0 Å². The van der Waals surface area contributed by atoms with Crippen molar-refractivity contribution in [1.82, 2.24) is 9.55 Å². The van der Waals surface area contributed by atoms with Crippen LogP contribution in [0.3, 0.4) is 0 Å². The highest BCUT2D eigenvalue weighted by Crippen LogP contribution is 2.17. The summed E-state index contributed by atoms with van der Waals surface area (Å²) in [6.45, 7) is 0.403. The van der Waals surface area contributed by atoms with Crippen LogP contribution in [0.4, 0.5) is 8.78 Å². The number of fused-ring (bicyclic) bond motifs is 1. The number of H-pyrrole nitrogens is 1. The quantitative estimate of drug-likeness (QED) is 0.701. The molecule has 1 aromatic heterocycles. The van der Waals surface area contributed by atoms with E-state index in [2.05, 4.69) is 4.98 Å². The highest BCUT2D eigenvalue weighted by molar-refractivity contribution is 7.71. The summed E-state index contributed by atoms with van der Waals surface area (Å²) in [4.78, 5) is 3.01. The van der Waals surface area contributed by atoms with Gasteiger partial charge in [0.1, 0.15) is 11.6 Å². The zero-order chi connectivity index (χ0) is 13.4. The van der Waals surface area contributed by atoms with E-state index in [1.807, 2.05) is 6.07 Å². The molecular formula is C14H10F2N2S. The third-order valence-electron chi connectivity index (χ3n) is 2.97. The molecule has 5 heteroatoms. The molecule has 0 aliphatic carbocycles. The summed E-state index contributed by atoms with van der Waals surface area (Å²) >= 11 is 5.22. The first-order chi connectivity index (χ1) is 9.13. The molecule has 0 aliphatic rings. The molecule has 0 aliphatic heterocycles. The van der Waals surface area contributed by atoms with Gasteiger partial charge in [-0.05, 0) is 48.1 Å². The van der Waals surface area contributed by atoms with E-state index in [1.165, 1.54) is 24.3 Å². The SMILES string of the molecule is Fc1cccc(Cn2c(=S)[nH]c3ccc(F)cc32)c1. The van der Waals surface area contributed by atoms with E-state index < -0.39 is 0 Å². The first kappa shape index (κ1) is 12.0. The summed E-state index contributed by atoms with van der Waals surface area (Å²) in [6.07, 6.45) is 0. The van der Waals surface area contributed by atoms with Crippen LogP contribution in [0.5, 0.6) is 0 Å². The molecule has 0 bridgehead atoms. The summed E-state index contributed by atoms with van der Waals surface area (Å²) in [7, 11) is 0. The topological polar surface area (TPSA) is 20.7 Å². The maximum absolute atomic E-state index is 13.3. The molecule has 0 unspecified atom stereocenters. The van der Waals surface area contributed by atoms with E-state index in [1.54, 1.807) is 16.7 Å². The van der Waals surface area contributed by atoms with Crippen LogP contribution in [-0.4, -0.2) is 9.55 Å². The molecular weight excluding hydrogens is 266 g/mol. The van der Waals surface area contributed by atoms with Crippen LogP contribution in [0.25, 0.3) is 11.0 Å². The lowest BCUT2D eigenvalue weighted by molar-refractivity contribution is 0.622. The van der Waals surface area contributed by atoms with Crippen molar-refractivity contribution in [2.24, 2.45) is 0 Å². The molecule has 3 aromatic rings. The molecule has 0 radical (unpaired) electrons. The molecule has 2 nitrogen and oxygen atoms in total. The lowest BCUT2D eigenvalue weighted by Gasteiger charge is -2.05. The Balaban J connectivity index is 2.12. The molecule has 3 rings (SSSR count). The number of hydrogen-bond acceptors (Lipinski definition) is 1. The van der Waals surface area contributed by atoms with Crippen molar-refractivity contribution in [1.29, 1.82) is 0 Å². The largest absolute Gasteiger partial charge is 0.331 e. The fourth-order valence-electron chi connectivity index (χ4n) is 2.10. The molecule has 0 fully saturated rings. The Hall–Kier alpha value is -2.01. The van der Waals surface area contributed by atoms with Crippen LogP contribution in [0.15, 0.2) is 42.5 Å². The molecule has 96 valence electrons. The highest BCUT2D eigenvalue weighted by Gasteiger charge is 2.06. The second-order valence-electron chi connectivity index (χ2n) is 4.31. The lowest BCUT2D eigenvalue weighted by Crippen LogP contribution is -2.00. The van der Waals surface area contributed by atoms with Crippen molar-refractivity contribution in [3.8, 4) is 0 Å². The molecule has 1 heterocycles. The third kappa shape index (κ3) is 2.29. The third-order valence-corrected chi connectivity index (χ3v) is 3.29. The molecule has 0 saturated carbocycles. The summed E-state index contributed by atoms with van der Waals surface area (Å²) in [6, 6.07) is 10.7. The van der Waals surface area contributed by atoms with Gasteiger partial charge in [0.2, 0.25) is 0 Å². The zero-order valence-electron chi connectivity index (χ0n) is 9.86. The molecule has 1 N–H and O–H groups in total. The van der Waals surface area contributed by atoms with Crippen molar-refractivity contribution in [2.75, 3.05) is 0 Å². The Morgan fingerprint density at radius 1 is 1.05 bits per heavy atom. The number of benzene rings is 2. The number of aromatic nitrogens is 2. The average molecular weight is 276 g/mol. The maximum Gasteiger partial charge on any atom is 0.178 e. The standard InChI is InChI=1S/C14H10F2N2S/c15-10-3-1-2-9(6-10)8-18-13-7-11(16)4-5-12(13)17-14(18)19/h1-7H,8H2,(H,17,19). The van der Waals surface area contributed by atoms with Crippen LogP contribution < -0.4 is 0 Å². The maximum atomic E-state index is 13.3. The number of rotatable bonds is 2. The molecule has 0 amide bonds. The van der Waals surface area contributed by atoms with Gasteiger partial charge in [-0.1, -0.05) is 12.1 Å². The second-order valence-corrected chi connectivity index (χ2v) is 4.69. The molecule has 0 atom stereocenters. The molecule has 2 aromatic carbocycles. The smallest absolute Gasteiger partial charge is 0.178 e. The van der Waals surface area contributed by atoms with Crippen LogP contribution >= 0.6 is 12.2 Å². The van der Waals surface area contributed by atoms with E-state index in [9.17, 15) is 8.78 Å². The van der Waals surface area contributed by atoms with Crippen molar-refractivity contribution < 1.29 is 8.78 Å². The number of halogens is 2. The van der Waals surface area contributed by atoms with Gasteiger partial charge in [0.15, 0.2) is 4.77 Å². The van der Waals surface area contributed by atoms with Gasteiger partial charge >= 0.3 is 0 Å². The fourth-order valence-corrected chi connectivity index (χ4v) is 2.37. The summed E-state index contributed by atoms with van der Waals surface area (Å²) in [5.74, 6) is -0.621. The van der Waals surface area contributed by atoms with Crippen LogP contribution in [0.2, 0.25) is 0 Å². The molecule has 0 spiro atoms. The predicted octanol–water partition coefficient (Wildman–Crippen LogP) is 4.03. The second kappa shape index (κ2) is 4.59. The van der Waals surface area contributed by atoms with Gasteiger partial charge in [-0.3, -0.25) is 0 Å². The number of imidazole rings is 1. The molecule has 19 heavy (non-hydrogen) atoms. The summed E-state index contributed by atoms with van der Waals surface area (Å²) in [5.41, 5.74) is 2.22. The monoisotopic (exact) mass is 276 g/mol. The van der Waals surface area contributed by atoms with Gasteiger partial charge in [-0.2, -0.15) is 0 Å². The van der Waals surface area contributed by atoms with Crippen molar-refractivity contribution in [3.63, 3.8) is 0 Å². The van der Waals surface area contributed by atoms with Crippen LogP contribution in [0, 0.1) is 16.4 Å². The van der Waals surface area contributed by atoms with E-state index in [0.717, 1.165) is 11.1 Å². The minimum absolute atomic E-state index is 0.296. The van der Waals surface area contributed by atoms with Gasteiger partial charge in [-0.15, -0.1) is 0 Å². The normalized spacial score (nSPS) is 11.1. The average Bonchev–Trinajstić information content (AvgIpc) is 2.66. The Labute approximate surface area is 113 Å². The van der Waals surface area contributed by atoms with Gasteiger partial charge in [0.05, 0.1) is 17.6 Å². The van der Waals surface area contributed by atoms with Crippen molar-refractivity contribution in [3.05, 3.63) is 64.4 Å².